The summed E-state index contributed by atoms with van der Waals surface area (Å²) >= 11 is 0. The first kappa shape index (κ1) is 90.1. The fourth-order valence-electron chi connectivity index (χ4n) is 11.2. The molecule has 0 fully saturated rings. The van der Waals surface area contributed by atoms with Gasteiger partial charge >= 0.3 is 39.5 Å². The Balaban J connectivity index is 5.11. The van der Waals surface area contributed by atoms with Gasteiger partial charge in [0.15, 0.2) is 12.2 Å². The van der Waals surface area contributed by atoms with Crippen LogP contribution in [0, 0.1) is 5.92 Å². The highest BCUT2D eigenvalue weighted by molar-refractivity contribution is 7.47. The van der Waals surface area contributed by atoms with Crippen molar-refractivity contribution in [2.75, 3.05) is 39.6 Å². The molecule has 0 spiro atoms. The number of carbonyl (C=O) groups excluding carboxylic acids is 4. The summed E-state index contributed by atoms with van der Waals surface area (Å²) in [6, 6.07) is 0. The fourth-order valence-corrected chi connectivity index (χ4v) is 12.8. The molecule has 0 aliphatic carbocycles. The molecule has 0 aliphatic rings. The molecule has 0 bridgehead atoms. The van der Waals surface area contributed by atoms with E-state index in [0.29, 0.717) is 25.7 Å². The van der Waals surface area contributed by atoms with Crippen molar-refractivity contribution in [3.63, 3.8) is 0 Å². The molecule has 0 aromatic rings. The van der Waals surface area contributed by atoms with Gasteiger partial charge in [0.05, 0.1) is 26.4 Å². The van der Waals surface area contributed by atoms with Gasteiger partial charge in [-0.05, 0) is 31.6 Å². The van der Waals surface area contributed by atoms with Crippen molar-refractivity contribution in [3.8, 4) is 0 Å². The van der Waals surface area contributed by atoms with Crippen LogP contribution in [0.3, 0.4) is 0 Å². The van der Waals surface area contributed by atoms with Crippen molar-refractivity contribution in [2.24, 2.45) is 5.92 Å². The third kappa shape index (κ3) is 66.7. The lowest BCUT2D eigenvalue weighted by atomic mass is 10.0. The van der Waals surface area contributed by atoms with Crippen LogP contribution >= 0.6 is 15.6 Å². The maximum Gasteiger partial charge on any atom is 0.472 e. The Kier molecular flexibility index (Phi) is 64.9. The topological polar surface area (TPSA) is 237 Å². The minimum atomic E-state index is -4.95. The van der Waals surface area contributed by atoms with E-state index in [1.54, 1.807) is 0 Å². The van der Waals surface area contributed by atoms with E-state index in [0.717, 1.165) is 102 Å². The monoisotopic (exact) mass is 1350 g/mol. The second kappa shape index (κ2) is 66.3. The van der Waals surface area contributed by atoms with Crippen molar-refractivity contribution in [2.45, 2.75) is 400 Å². The molecule has 0 aliphatic heterocycles. The molecule has 17 nitrogen and oxygen atoms in total. The molecule has 0 saturated carbocycles. The van der Waals surface area contributed by atoms with Gasteiger partial charge in [0, 0.05) is 25.7 Å². The molecule has 19 heteroatoms. The Morgan fingerprint density at radius 3 is 0.739 bits per heavy atom. The molecule has 546 valence electrons. The molecule has 0 aromatic carbocycles. The lowest BCUT2D eigenvalue weighted by molar-refractivity contribution is -0.161. The Labute approximate surface area is 562 Å². The van der Waals surface area contributed by atoms with Gasteiger partial charge in [-0.25, -0.2) is 9.13 Å². The SMILES string of the molecule is CCCCCCCCCCCCCCCCCCC(=O)OC[C@H](COP(=O)(O)OC[C@@H](O)COP(=O)(O)OC[C@@H](COC(=O)CCCCCCC)OC(=O)CCCCCCCCCCCC)OC(=O)CCCCCCCCCCCCCCCCCCCCC(C)C. The zero-order valence-electron chi connectivity index (χ0n) is 59.7. The molecule has 0 saturated heterocycles. The van der Waals surface area contributed by atoms with E-state index in [-0.39, 0.29) is 25.7 Å². The summed E-state index contributed by atoms with van der Waals surface area (Å²) in [4.78, 5) is 72.3. The second-order valence-electron chi connectivity index (χ2n) is 26.8. The Morgan fingerprint density at radius 1 is 0.293 bits per heavy atom. The van der Waals surface area contributed by atoms with E-state index in [1.807, 2.05) is 0 Å². The summed E-state index contributed by atoms with van der Waals surface area (Å²) in [7, 11) is -9.89. The van der Waals surface area contributed by atoms with Gasteiger partial charge in [0.25, 0.3) is 0 Å². The lowest BCUT2D eigenvalue weighted by Gasteiger charge is -2.21. The molecule has 0 heterocycles. The van der Waals surface area contributed by atoms with Gasteiger partial charge < -0.3 is 33.8 Å². The Hall–Kier alpha value is -1.94. The number of unbranched alkanes of at least 4 members (excludes halogenated alkanes) is 45. The Morgan fingerprint density at radius 2 is 0.500 bits per heavy atom. The van der Waals surface area contributed by atoms with Gasteiger partial charge in [0.2, 0.25) is 0 Å². The zero-order valence-corrected chi connectivity index (χ0v) is 61.5. The van der Waals surface area contributed by atoms with Gasteiger partial charge in [-0.2, -0.15) is 0 Å². The maximum atomic E-state index is 13.1. The summed E-state index contributed by atoms with van der Waals surface area (Å²) in [5.74, 6) is -1.31. The predicted molar refractivity (Wildman–Crippen MR) is 372 cm³/mol. The standard InChI is InChI=1S/C73H142O17P2/c1-6-9-12-15-17-19-21-22-23-29-32-35-39-42-47-52-57-71(76)84-63-69(90-73(78)59-54-49-44-40-36-33-30-27-25-24-26-28-31-34-37-41-46-50-55-66(4)5)65-88-92(81,82)86-61-67(74)60-85-91(79,80)87-64-68(62-83-70(75)56-51-45-14-11-8-3)89-72(77)58-53-48-43-38-20-18-16-13-10-7-2/h66-69,74H,6-65H2,1-5H3,(H,79,80)(H,81,82)/t67-,68+,69+/m0/s1. The van der Waals surface area contributed by atoms with Crippen molar-refractivity contribution >= 4 is 39.5 Å². The van der Waals surface area contributed by atoms with Crippen LogP contribution in [0.4, 0.5) is 0 Å². The molecule has 5 atom stereocenters. The molecule has 0 amide bonds. The normalized spacial score (nSPS) is 14.0. The summed E-state index contributed by atoms with van der Waals surface area (Å²) in [5.41, 5.74) is 0. The summed E-state index contributed by atoms with van der Waals surface area (Å²) < 4.78 is 68.1. The molecular weight excluding hydrogens is 1210 g/mol. The number of rotatable bonds is 73. The van der Waals surface area contributed by atoms with Crippen molar-refractivity contribution in [1.29, 1.82) is 0 Å². The van der Waals surface area contributed by atoms with Crippen molar-refractivity contribution in [3.05, 3.63) is 0 Å². The van der Waals surface area contributed by atoms with Crippen LogP contribution in [-0.2, 0) is 65.4 Å². The third-order valence-corrected chi connectivity index (χ3v) is 18.9. The number of aliphatic hydroxyl groups excluding tert-OH is 1. The molecule has 92 heavy (non-hydrogen) atoms. The average molecular weight is 1350 g/mol. The number of ether oxygens (including phenoxy) is 4. The van der Waals surface area contributed by atoms with E-state index in [9.17, 15) is 43.2 Å². The summed E-state index contributed by atoms with van der Waals surface area (Å²) in [6.45, 7) is 7.21. The first-order chi connectivity index (χ1) is 44.5. The van der Waals surface area contributed by atoms with E-state index >= 15 is 0 Å². The molecule has 3 N–H and O–H groups in total. The minimum absolute atomic E-state index is 0.106. The van der Waals surface area contributed by atoms with E-state index in [2.05, 4.69) is 34.6 Å². The van der Waals surface area contributed by atoms with Gasteiger partial charge in [-0.1, -0.05) is 330 Å². The van der Waals surface area contributed by atoms with Crippen LogP contribution in [0.5, 0.6) is 0 Å². The largest absolute Gasteiger partial charge is 0.472 e. The average Bonchev–Trinajstić information content (AvgIpc) is 2.11. The molecular formula is C73H142O17P2. The quantitative estimate of drug-likeness (QED) is 0.0222. The Bertz CT molecular complexity index is 1770. The van der Waals surface area contributed by atoms with Crippen molar-refractivity contribution < 1.29 is 80.2 Å². The van der Waals surface area contributed by atoms with E-state index < -0.39 is 97.5 Å². The minimum Gasteiger partial charge on any atom is -0.462 e. The second-order valence-corrected chi connectivity index (χ2v) is 29.7. The highest BCUT2D eigenvalue weighted by atomic mass is 31.2. The maximum absolute atomic E-state index is 13.1. The van der Waals surface area contributed by atoms with E-state index in [1.165, 1.54) is 199 Å². The number of carbonyl (C=O) groups is 4. The van der Waals surface area contributed by atoms with Crippen LogP contribution in [-0.4, -0.2) is 96.7 Å². The zero-order chi connectivity index (χ0) is 67.7. The first-order valence-corrected chi connectivity index (χ1v) is 41.1. The number of aliphatic hydroxyl groups is 1. The van der Waals surface area contributed by atoms with E-state index in [4.69, 9.17) is 37.0 Å². The van der Waals surface area contributed by atoms with Crippen LogP contribution in [0.25, 0.3) is 0 Å². The van der Waals surface area contributed by atoms with Crippen LogP contribution in [0.1, 0.15) is 381 Å². The van der Waals surface area contributed by atoms with Gasteiger partial charge in [0.1, 0.15) is 19.3 Å². The molecule has 0 aromatic heterocycles. The number of hydrogen-bond donors (Lipinski definition) is 3. The fraction of sp³-hybridized carbons (Fsp3) is 0.945. The predicted octanol–water partition coefficient (Wildman–Crippen LogP) is 21.3. The lowest BCUT2D eigenvalue weighted by Crippen LogP contribution is -2.30. The number of phosphoric ester groups is 2. The summed E-state index contributed by atoms with van der Waals surface area (Å²) in [6.07, 6.45) is 54.6. The highest BCUT2D eigenvalue weighted by Gasteiger charge is 2.30. The smallest absolute Gasteiger partial charge is 0.462 e. The van der Waals surface area contributed by atoms with Crippen LogP contribution in [0.15, 0.2) is 0 Å². The molecule has 2 unspecified atom stereocenters. The van der Waals surface area contributed by atoms with Gasteiger partial charge in [-0.3, -0.25) is 37.3 Å². The number of hydrogen-bond acceptors (Lipinski definition) is 15. The molecule has 0 rings (SSSR count). The first-order valence-electron chi connectivity index (χ1n) is 38.1. The summed E-state index contributed by atoms with van der Waals surface area (Å²) in [5, 5.41) is 10.6. The highest BCUT2D eigenvalue weighted by Crippen LogP contribution is 2.45. The third-order valence-electron chi connectivity index (χ3n) is 17.0. The number of esters is 4. The molecule has 0 radical (unpaired) electrons. The van der Waals surface area contributed by atoms with Gasteiger partial charge in [-0.15, -0.1) is 0 Å². The van der Waals surface area contributed by atoms with Crippen molar-refractivity contribution in [1.82, 2.24) is 0 Å². The van der Waals surface area contributed by atoms with Crippen LogP contribution < -0.4 is 0 Å². The number of phosphoric acid groups is 2. The van der Waals surface area contributed by atoms with Crippen LogP contribution in [0.2, 0.25) is 0 Å².